The van der Waals surface area contributed by atoms with Gasteiger partial charge in [0.25, 0.3) is 0 Å². The molecule has 1 aromatic carbocycles. The highest BCUT2D eigenvalue weighted by Crippen LogP contribution is 2.40. The van der Waals surface area contributed by atoms with E-state index in [1.54, 1.807) is 6.07 Å². The van der Waals surface area contributed by atoms with Gasteiger partial charge >= 0.3 is 0 Å². The molecule has 2 heterocycles. The van der Waals surface area contributed by atoms with Gasteiger partial charge in [-0.25, -0.2) is 9.37 Å². The van der Waals surface area contributed by atoms with Crippen LogP contribution in [0.25, 0.3) is 22.8 Å². The number of nitrogens with one attached hydrogen (secondary N) is 1. The van der Waals surface area contributed by atoms with Crippen LogP contribution in [0.2, 0.25) is 5.02 Å². The van der Waals surface area contributed by atoms with Gasteiger partial charge < -0.3 is 4.42 Å². The number of halogens is 2. The summed E-state index contributed by atoms with van der Waals surface area (Å²) in [5.41, 5.74) is 1.62. The first-order valence-electron chi connectivity index (χ1n) is 8.44. The first kappa shape index (κ1) is 16.7. The molecule has 4 rings (SSSR count). The highest BCUT2D eigenvalue weighted by atomic mass is 35.5. The summed E-state index contributed by atoms with van der Waals surface area (Å²) >= 11 is 5.89. The summed E-state index contributed by atoms with van der Waals surface area (Å²) in [6, 6.07) is 6.33. The van der Waals surface area contributed by atoms with Crippen molar-refractivity contribution < 1.29 is 8.81 Å². The maximum atomic E-state index is 13.5. The molecule has 0 atom stereocenters. The van der Waals surface area contributed by atoms with E-state index in [0.717, 1.165) is 25.7 Å². The van der Waals surface area contributed by atoms with Gasteiger partial charge in [-0.1, -0.05) is 30.9 Å². The van der Waals surface area contributed by atoms with Crippen molar-refractivity contribution in [2.45, 2.75) is 38.0 Å². The average Bonchev–Trinajstić information content (AvgIpc) is 3.31. The molecule has 1 aliphatic rings. The molecule has 26 heavy (non-hydrogen) atoms. The monoisotopic (exact) mass is 371 g/mol. The Labute approximate surface area is 154 Å². The number of aromatic amines is 1. The summed E-state index contributed by atoms with van der Waals surface area (Å²) in [7, 11) is 0. The molecule has 0 spiro atoms. The van der Waals surface area contributed by atoms with E-state index < -0.39 is 5.82 Å². The SMILES string of the molecule is N#Cc1n[nH]nc1-c1nc(-c2ccc(F)c(Cl)c2)oc1C1CCCCC1. The van der Waals surface area contributed by atoms with Gasteiger partial charge in [-0.3, -0.25) is 0 Å². The maximum Gasteiger partial charge on any atom is 0.227 e. The lowest BCUT2D eigenvalue weighted by molar-refractivity contribution is 0.379. The Bertz CT molecular complexity index is 984. The van der Waals surface area contributed by atoms with Crippen molar-refractivity contribution in [2.24, 2.45) is 0 Å². The molecule has 6 nitrogen and oxygen atoms in total. The van der Waals surface area contributed by atoms with Crippen molar-refractivity contribution in [3.05, 3.63) is 40.5 Å². The van der Waals surface area contributed by atoms with E-state index in [1.807, 2.05) is 6.07 Å². The number of nitrogens with zero attached hydrogens (tertiary/aromatic N) is 4. The van der Waals surface area contributed by atoms with Crippen molar-refractivity contribution in [1.29, 1.82) is 5.26 Å². The molecule has 3 aromatic rings. The standard InChI is InChI=1S/C18H15ClFN5O/c19-12-8-11(6-7-13(12)20)18-22-16(15-14(9-21)23-25-24-15)17(26-18)10-4-2-1-3-5-10/h6-8,10H,1-5H2,(H,23,24,25). The second-order valence-corrected chi connectivity index (χ2v) is 6.74. The zero-order chi connectivity index (χ0) is 18.1. The van der Waals surface area contributed by atoms with E-state index in [4.69, 9.17) is 16.0 Å². The number of nitriles is 1. The fourth-order valence-corrected chi connectivity index (χ4v) is 3.55. The van der Waals surface area contributed by atoms with Gasteiger partial charge in [0.1, 0.15) is 23.3 Å². The summed E-state index contributed by atoms with van der Waals surface area (Å²) in [6.45, 7) is 0. The Morgan fingerprint density at radius 1 is 1.19 bits per heavy atom. The smallest absolute Gasteiger partial charge is 0.227 e. The van der Waals surface area contributed by atoms with Crippen molar-refractivity contribution in [3.63, 3.8) is 0 Å². The molecule has 0 radical (unpaired) electrons. The molecule has 1 aliphatic carbocycles. The molecule has 0 unspecified atom stereocenters. The van der Waals surface area contributed by atoms with Crippen molar-refractivity contribution >= 4 is 11.6 Å². The third-order valence-corrected chi connectivity index (χ3v) is 4.96. The minimum atomic E-state index is -0.502. The number of benzene rings is 1. The van der Waals surface area contributed by atoms with Crippen LogP contribution < -0.4 is 0 Å². The number of hydrogen-bond acceptors (Lipinski definition) is 5. The van der Waals surface area contributed by atoms with Crippen LogP contribution in [-0.4, -0.2) is 20.4 Å². The maximum absolute atomic E-state index is 13.5. The van der Waals surface area contributed by atoms with Crippen LogP contribution in [-0.2, 0) is 0 Å². The van der Waals surface area contributed by atoms with Gasteiger partial charge in [0.15, 0.2) is 11.4 Å². The number of aromatic nitrogens is 4. The molecule has 2 aromatic heterocycles. The van der Waals surface area contributed by atoms with Crippen LogP contribution in [0.3, 0.4) is 0 Å². The first-order chi connectivity index (χ1) is 12.7. The fraction of sp³-hybridized carbons (Fsp3) is 0.333. The van der Waals surface area contributed by atoms with Crippen LogP contribution in [0.15, 0.2) is 22.6 Å². The minimum absolute atomic E-state index is 0.000571. The second kappa shape index (κ2) is 6.89. The fourth-order valence-electron chi connectivity index (χ4n) is 3.37. The average molecular weight is 372 g/mol. The van der Waals surface area contributed by atoms with Crippen LogP contribution >= 0.6 is 11.6 Å². The summed E-state index contributed by atoms with van der Waals surface area (Å²) in [6.07, 6.45) is 5.42. The summed E-state index contributed by atoms with van der Waals surface area (Å²) in [5.74, 6) is 0.733. The molecule has 0 saturated heterocycles. The predicted molar refractivity (Wildman–Crippen MR) is 92.8 cm³/mol. The highest BCUT2D eigenvalue weighted by Gasteiger charge is 2.28. The Kier molecular flexibility index (Phi) is 4.43. The minimum Gasteiger partial charge on any atom is -0.440 e. The normalized spacial score (nSPS) is 15.1. The van der Waals surface area contributed by atoms with Gasteiger partial charge in [0.2, 0.25) is 5.89 Å². The highest BCUT2D eigenvalue weighted by molar-refractivity contribution is 6.31. The van der Waals surface area contributed by atoms with E-state index in [0.29, 0.717) is 28.6 Å². The van der Waals surface area contributed by atoms with Gasteiger partial charge in [-0.2, -0.15) is 15.6 Å². The largest absolute Gasteiger partial charge is 0.440 e. The lowest BCUT2D eigenvalue weighted by atomic mass is 9.86. The van der Waals surface area contributed by atoms with Crippen LogP contribution in [0.4, 0.5) is 4.39 Å². The third kappa shape index (κ3) is 2.97. The van der Waals surface area contributed by atoms with Gasteiger partial charge in [0, 0.05) is 11.5 Å². The molecular weight excluding hydrogens is 357 g/mol. The summed E-state index contributed by atoms with van der Waals surface area (Å²) in [5, 5.41) is 19.7. The van der Waals surface area contributed by atoms with Crippen LogP contribution in [0, 0.1) is 17.1 Å². The molecule has 0 bridgehead atoms. The van der Waals surface area contributed by atoms with Crippen LogP contribution in [0.1, 0.15) is 49.5 Å². The van der Waals surface area contributed by atoms with Crippen molar-refractivity contribution in [1.82, 2.24) is 20.4 Å². The Hall–Kier alpha value is -2.72. The summed E-state index contributed by atoms with van der Waals surface area (Å²) in [4.78, 5) is 4.56. The van der Waals surface area contributed by atoms with Gasteiger partial charge in [0.05, 0.1) is 5.02 Å². The second-order valence-electron chi connectivity index (χ2n) is 6.33. The number of rotatable bonds is 3. The van der Waals surface area contributed by atoms with E-state index in [9.17, 15) is 9.65 Å². The molecule has 8 heteroatoms. The Morgan fingerprint density at radius 3 is 2.73 bits per heavy atom. The lowest BCUT2D eigenvalue weighted by Gasteiger charge is -2.19. The predicted octanol–water partition coefficient (Wildman–Crippen LogP) is 4.84. The molecule has 1 N–H and O–H groups in total. The zero-order valence-electron chi connectivity index (χ0n) is 13.8. The molecular formula is C18H15ClFN5O. The number of oxazole rings is 1. The number of hydrogen-bond donors (Lipinski definition) is 1. The molecule has 132 valence electrons. The van der Waals surface area contributed by atoms with Crippen LogP contribution in [0.5, 0.6) is 0 Å². The molecule has 1 fully saturated rings. The van der Waals surface area contributed by atoms with E-state index in [2.05, 4.69) is 20.4 Å². The summed E-state index contributed by atoms with van der Waals surface area (Å²) < 4.78 is 19.5. The third-order valence-electron chi connectivity index (χ3n) is 4.67. The zero-order valence-corrected chi connectivity index (χ0v) is 14.6. The molecule has 0 amide bonds. The first-order valence-corrected chi connectivity index (χ1v) is 8.82. The van der Waals surface area contributed by atoms with Crippen molar-refractivity contribution in [2.75, 3.05) is 0 Å². The van der Waals surface area contributed by atoms with Crippen molar-refractivity contribution in [3.8, 4) is 28.9 Å². The van der Waals surface area contributed by atoms with Gasteiger partial charge in [-0.05, 0) is 31.0 Å². The van der Waals surface area contributed by atoms with Gasteiger partial charge in [-0.15, -0.1) is 5.10 Å². The van der Waals surface area contributed by atoms with E-state index >= 15 is 0 Å². The number of H-pyrrole nitrogens is 1. The molecule has 1 saturated carbocycles. The Morgan fingerprint density at radius 2 is 2.00 bits per heavy atom. The Balaban J connectivity index is 1.84. The topological polar surface area (TPSA) is 91.4 Å². The lowest BCUT2D eigenvalue weighted by Crippen LogP contribution is -2.05. The van der Waals surface area contributed by atoms with E-state index in [1.165, 1.54) is 18.6 Å². The quantitative estimate of drug-likeness (QED) is 0.711. The molecule has 0 aliphatic heterocycles. The van der Waals surface area contributed by atoms with E-state index in [-0.39, 0.29) is 16.6 Å².